The number of allylic oxidation sites excluding steroid dienone is 1. The average molecular weight is 400 g/mol. The van der Waals surface area contributed by atoms with Gasteiger partial charge in [-0.2, -0.15) is 0 Å². The molecule has 0 aliphatic carbocycles. The molecule has 0 N–H and O–H groups in total. The van der Waals surface area contributed by atoms with Crippen LogP contribution in [-0.2, 0) is 13.0 Å². The zero-order valence-electron chi connectivity index (χ0n) is 14.8. The van der Waals surface area contributed by atoms with Crippen LogP contribution in [0.1, 0.15) is 30.9 Å². The molecule has 0 aliphatic heterocycles. The normalized spacial score (nSPS) is 11.2. The average Bonchev–Trinajstić information content (AvgIpc) is 2.91. The van der Waals surface area contributed by atoms with Crippen LogP contribution >= 0.6 is 15.9 Å². The van der Waals surface area contributed by atoms with Crippen molar-refractivity contribution >= 4 is 26.8 Å². The lowest BCUT2D eigenvalue weighted by Gasteiger charge is -2.14. The third-order valence-corrected chi connectivity index (χ3v) is 5.20. The molecule has 0 atom stereocenters. The summed E-state index contributed by atoms with van der Waals surface area (Å²) < 4.78 is 16.7. The fourth-order valence-corrected chi connectivity index (χ4v) is 3.68. The van der Waals surface area contributed by atoms with E-state index in [1.165, 1.54) is 23.1 Å². The molecule has 1 heterocycles. The van der Waals surface area contributed by atoms with Crippen molar-refractivity contribution in [2.24, 2.45) is 0 Å². The summed E-state index contributed by atoms with van der Waals surface area (Å²) in [7, 11) is 0. The van der Waals surface area contributed by atoms with Crippen LogP contribution < -0.4 is 0 Å². The Kier molecular flexibility index (Phi) is 5.43. The number of aromatic nitrogens is 1. The number of nitrogens with zero attached hydrogens (tertiary/aromatic N) is 1. The fourth-order valence-electron chi connectivity index (χ4n) is 3.35. The molecular weight excluding hydrogens is 377 g/mol. The van der Waals surface area contributed by atoms with Gasteiger partial charge < -0.3 is 4.57 Å². The van der Waals surface area contributed by atoms with Gasteiger partial charge in [0, 0.05) is 23.2 Å². The van der Waals surface area contributed by atoms with Crippen LogP contribution in [-0.4, -0.2) is 4.57 Å². The van der Waals surface area contributed by atoms with Gasteiger partial charge >= 0.3 is 0 Å². The molecule has 2 aromatic carbocycles. The van der Waals surface area contributed by atoms with Crippen LogP contribution in [0.15, 0.2) is 53.5 Å². The first-order chi connectivity index (χ1) is 12.0. The van der Waals surface area contributed by atoms with Crippen LogP contribution in [0.3, 0.4) is 0 Å². The maximum Gasteiger partial charge on any atom is 0.138 e. The second kappa shape index (κ2) is 7.57. The van der Waals surface area contributed by atoms with Crippen molar-refractivity contribution in [1.29, 1.82) is 0 Å². The first-order valence-corrected chi connectivity index (χ1v) is 9.53. The standard InChI is InChI=1S/C22H23BrFN/c1-4-6-7-16-11-15(3)8-9-18(16)22-13-17-12-20(24)19(23)14-21(17)25(22)10-5-2/h5,8-9,11-14H,2,4,6-7,10H2,1,3H3. The van der Waals surface area contributed by atoms with E-state index in [9.17, 15) is 4.39 Å². The molecule has 0 saturated carbocycles. The number of benzene rings is 2. The number of aryl methyl sites for hydroxylation is 2. The molecule has 0 unspecified atom stereocenters. The predicted octanol–water partition coefficient (Wildman–Crippen LogP) is 7.05. The number of fused-ring (bicyclic) bond motifs is 1. The number of unbranched alkanes of at least 4 members (excludes halogenated alkanes) is 1. The molecule has 0 amide bonds. The lowest BCUT2D eigenvalue weighted by atomic mass is 9.97. The summed E-state index contributed by atoms with van der Waals surface area (Å²) >= 11 is 3.31. The van der Waals surface area contributed by atoms with E-state index in [1.807, 2.05) is 12.1 Å². The maximum absolute atomic E-state index is 14.0. The molecule has 130 valence electrons. The zero-order chi connectivity index (χ0) is 18.0. The molecule has 3 rings (SSSR count). The third-order valence-electron chi connectivity index (χ3n) is 4.59. The SMILES string of the molecule is C=CCn1c(-c2ccc(C)cc2CCCC)cc2cc(F)c(Br)cc21. The van der Waals surface area contributed by atoms with E-state index in [4.69, 9.17) is 0 Å². The molecule has 0 fully saturated rings. The van der Waals surface area contributed by atoms with Gasteiger partial charge in [0.2, 0.25) is 0 Å². The van der Waals surface area contributed by atoms with Crippen molar-refractivity contribution in [1.82, 2.24) is 4.57 Å². The van der Waals surface area contributed by atoms with Crippen LogP contribution in [0, 0.1) is 12.7 Å². The van der Waals surface area contributed by atoms with E-state index in [0.29, 0.717) is 11.0 Å². The van der Waals surface area contributed by atoms with Gasteiger partial charge in [0.15, 0.2) is 0 Å². The highest BCUT2D eigenvalue weighted by Gasteiger charge is 2.15. The summed E-state index contributed by atoms with van der Waals surface area (Å²) in [5.74, 6) is -0.232. The van der Waals surface area contributed by atoms with Crippen molar-refractivity contribution in [2.45, 2.75) is 39.7 Å². The second-order valence-electron chi connectivity index (χ2n) is 6.52. The third kappa shape index (κ3) is 3.57. The fraction of sp³-hybridized carbons (Fsp3) is 0.273. The van der Waals surface area contributed by atoms with Gasteiger partial charge in [0.1, 0.15) is 5.82 Å². The van der Waals surface area contributed by atoms with Gasteiger partial charge in [-0.25, -0.2) is 4.39 Å². The molecule has 1 aromatic heterocycles. The second-order valence-corrected chi connectivity index (χ2v) is 7.37. The Morgan fingerprint density at radius 2 is 2.00 bits per heavy atom. The molecule has 3 aromatic rings. The Labute approximate surface area is 157 Å². The van der Waals surface area contributed by atoms with Crippen molar-refractivity contribution in [3.8, 4) is 11.3 Å². The molecular formula is C22H23BrFN. The monoisotopic (exact) mass is 399 g/mol. The van der Waals surface area contributed by atoms with E-state index in [1.54, 1.807) is 6.07 Å². The van der Waals surface area contributed by atoms with E-state index >= 15 is 0 Å². The molecule has 0 aliphatic rings. The molecule has 0 radical (unpaired) electrons. The number of hydrogen-bond donors (Lipinski definition) is 0. The van der Waals surface area contributed by atoms with Crippen LogP contribution in [0.2, 0.25) is 0 Å². The Hall–Kier alpha value is -1.87. The molecule has 25 heavy (non-hydrogen) atoms. The van der Waals surface area contributed by atoms with E-state index in [0.717, 1.165) is 29.4 Å². The molecule has 0 bridgehead atoms. The van der Waals surface area contributed by atoms with Crippen molar-refractivity contribution in [3.63, 3.8) is 0 Å². The van der Waals surface area contributed by atoms with Crippen LogP contribution in [0.4, 0.5) is 4.39 Å². The first kappa shape index (κ1) is 17.9. The van der Waals surface area contributed by atoms with Crippen LogP contribution in [0.25, 0.3) is 22.2 Å². The van der Waals surface area contributed by atoms with Crippen LogP contribution in [0.5, 0.6) is 0 Å². The summed E-state index contributed by atoms with van der Waals surface area (Å²) in [6, 6.07) is 12.2. The van der Waals surface area contributed by atoms with Gasteiger partial charge in [-0.1, -0.05) is 43.2 Å². The molecule has 0 saturated heterocycles. The number of rotatable bonds is 6. The van der Waals surface area contributed by atoms with Gasteiger partial charge in [-0.15, -0.1) is 6.58 Å². The minimum absolute atomic E-state index is 0.232. The minimum Gasteiger partial charge on any atom is -0.337 e. The lowest BCUT2D eigenvalue weighted by molar-refractivity contribution is 0.623. The van der Waals surface area contributed by atoms with E-state index < -0.39 is 0 Å². The molecule has 0 spiro atoms. The highest BCUT2D eigenvalue weighted by molar-refractivity contribution is 9.10. The Morgan fingerprint density at radius 3 is 2.72 bits per heavy atom. The molecule has 3 heteroatoms. The largest absolute Gasteiger partial charge is 0.337 e. The lowest BCUT2D eigenvalue weighted by Crippen LogP contribution is -2.00. The van der Waals surface area contributed by atoms with E-state index in [-0.39, 0.29) is 5.82 Å². The molecule has 1 nitrogen and oxygen atoms in total. The topological polar surface area (TPSA) is 4.93 Å². The Bertz CT molecular complexity index is 923. The Morgan fingerprint density at radius 1 is 1.20 bits per heavy atom. The predicted molar refractivity (Wildman–Crippen MR) is 109 cm³/mol. The number of halogens is 2. The van der Waals surface area contributed by atoms with Gasteiger partial charge in [0.05, 0.1) is 9.99 Å². The van der Waals surface area contributed by atoms with Gasteiger partial charge in [-0.05, 0) is 59.5 Å². The first-order valence-electron chi connectivity index (χ1n) is 8.74. The summed E-state index contributed by atoms with van der Waals surface area (Å²) in [4.78, 5) is 0. The quantitative estimate of drug-likeness (QED) is 0.391. The maximum atomic E-state index is 14.0. The smallest absolute Gasteiger partial charge is 0.138 e. The zero-order valence-corrected chi connectivity index (χ0v) is 16.4. The van der Waals surface area contributed by atoms with Gasteiger partial charge in [-0.3, -0.25) is 0 Å². The minimum atomic E-state index is -0.232. The van der Waals surface area contributed by atoms with Crippen molar-refractivity contribution < 1.29 is 4.39 Å². The summed E-state index contributed by atoms with van der Waals surface area (Å²) in [5.41, 5.74) is 6.00. The van der Waals surface area contributed by atoms with Crippen molar-refractivity contribution in [3.05, 3.63) is 70.5 Å². The Balaban J connectivity index is 2.24. The van der Waals surface area contributed by atoms with E-state index in [2.05, 4.69) is 65.2 Å². The summed E-state index contributed by atoms with van der Waals surface area (Å²) in [5, 5.41) is 0.916. The summed E-state index contributed by atoms with van der Waals surface area (Å²) in [6.07, 6.45) is 5.28. The van der Waals surface area contributed by atoms with Gasteiger partial charge in [0.25, 0.3) is 0 Å². The van der Waals surface area contributed by atoms with Crippen molar-refractivity contribution in [2.75, 3.05) is 0 Å². The summed E-state index contributed by atoms with van der Waals surface area (Å²) in [6.45, 7) is 8.93. The number of hydrogen-bond acceptors (Lipinski definition) is 0. The highest BCUT2D eigenvalue weighted by atomic mass is 79.9. The highest BCUT2D eigenvalue weighted by Crippen LogP contribution is 2.34.